The molecule has 1 aliphatic rings. The Kier molecular flexibility index (Phi) is 3.14. The molecule has 0 amide bonds. The first-order valence-electron chi connectivity index (χ1n) is 6.48. The Morgan fingerprint density at radius 1 is 1.45 bits per heavy atom. The molecule has 1 aliphatic heterocycles. The van der Waals surface area contributed by atoms with Gasteiger partial charge in [0.2, 0.25) is 10.0 Å². The number of H-pyrrole nitrogens is 1. The Hall–Kier alpha value is -1.67. The number of hydrogen-bond acceptors (Lipinski definition) is 4. The highest BCUT2D eigenvalue weighted by Crippen LogP contribution is 2.30. The molecule has 2 aromatic heterocycles. The van der Waals surface area contributed by atoms with Crippen LogP contribution >= 0.6 is 0 Å². The number of aromatic amines is 1. The maximum absolute atomic E-state index is 12.6. The molecule has 0 bridgehead atoms. The standard InChI is InChI=1S/C12H17N5O2S/c1-9-12(8-16(2)15-9)20(18,19)17-6-4-10(7-17)11-3-5-13-14-11/h3,5,8,10H,4,6-7H2,1-2H3,(H,13,14)/t10-/m0/s1. The molecule has 20 heavy (non-hydrogen) atoms. The zero-order valence-electron chi connectivity index (χ0n) is 11.4. The summed E-state index contributed by atoms with van der Waals surface area (Å²) in [6, 6.07) is 1.90. The number of aryl methyl sites for hydroxylation is 2. The van der Waals surface area contributed by atoms with E-state index < -0.39 is 10.0 Å². The quantitative estimate of drug-likeness (QED) is 0.900. The van der Waals surface area contributed by atoms with E-state index in [0.717, 1.165) is 12.1 Å². The topological polar surface area (TPSA) is 83.9 Å². The summed E-state index contributed by atoms with van der Waals surface area (Å²) < 4.78 is 28.3. The lowest BCUT2D eigenvalue weighted by Crippen LogP contribution is -2.29. The van der Waals surface area contributed by atoms with Crippen LogP contribution in [0.25, 0.3) is 0 Å². The summed E-state index contributed by atoms with van der Waals surface area (Å²) in [4.78, 5) is 0.297. The van der Waals surface area contributed by atoms with Crippen molar-refractivity contribution >= 4 is 10.0 Å². The number of nitrogens with one attached hydrogen (secondary N) is 1. The van der Waals surface area contributed by atoms with Crippen molar-refractivity contribution in [3.05, 3.63) is 29.8 Å². The van der Waals surface area contributed by atoms with Gasteiger partial charge < -0.3 is 0 Å². The predicted molar refractivity (Wildman–Crippen MR) is 72.6 cm³/mol. The SMILES string of the molecule is Cc1nn(C)cc1S(=O)(=O)N1CC[C@H](c2ccn[nH]2)C1. The van der Waals surface area contributed by atoms with Crippen molar-refractivity contribution in [2.45, 2.75) is 24.2 Å². The monoisotopic (exact) mass is 295 g/mol. The van der Waals surface area contributed by atoms with Gasteiger partial charge in [-0.05, 0) is 19.4 Å². The van der Waals surface area contributed by atoms with Gasteiger partial charge in [-0.2, -0.15) is 14.5 Å². The normalized spacial score (nSPS) is 20.6. The van der Waals surface area contributed by atoms with Crippen LogP contribution in [0.1, 0.15) is 23.7 Å². The van der Waals surface area contributed by atoms with Crippen molar-refractivity contribution in [3.63, 3.8) is 0 Å². The largest absolute Gasteiger partial charge is 0.282 e. The molecule has 2 aromatic rings. The molecule has 1 N–H and O–H groups in total. The first-order chi connectivity index (χ1) is 9.48. The number of sulfonamides is 1. The van der Waals surface area contributed by atoms with E-state index >= 15 is 0 Å². The second kappa shape index (κ2) is 4.71. The van der Waals surface area contributed by atoms with Crippen LogP contribution in [0.5, 0.6) is 0 Å². The molecule has 0 radical (unpaired) electrons. The van der Waals surface area contributed by atoms with Crippen molar-refractivity contribution in [1.82, 2.24) is 24.3 Å². The highest BCUT2D eigenvalue weighted by atomic mass is 32.2. The van der Waals surface area contributed by atoms with E-state index in [1.807, 2.05) is 6.07 Å². The molecule has 3 rings (SSSR count). The van der Waals surface area contributed by atoms with Gasteiger partial charge in [0.15, 0.2) is 0 Å². The smallest absolute Gasteiger partial charge is 0.246 e. The van der Waals surface area contributed by atoms with E-state index in [0.29, 0.717) is 23.7 Å². The Morgan fingerprint density at radius 3 is 2.85 bits per heavy atom. The molecule has 3 heterocycles. The second-order valence-corrected chi connectivity index (χ2v) is 7.02. The van der Waals surface area contributed by atoms with Crippen LogP contribution in [0, 0.1) is 6.92 Å². The Balaban J connectivity index is 1.85. The highest BCUT2D eigenvalue weighted by Gasteiger charge is 2.35. The van der Waals surface area contributed by atoms with Crippen LogP contribution in [-0.2, 0) is 17.1 Å². The van der Waals surface area contributed by atoms with E-state index in [1.165, 1.54) is 8.99 Å². The van der Waals surface area contributed by atoms with Gasteiger partial charge in [0.1, 0.15) is 4.90 Å². The van der Waals surface area contributed by atoms with Crippen molar-refractivity contribution in [2.75, 3.05) is 13.1 Å². The van der Waals surface area contributed by atoms with E-state index in [4.69, 9.17) is 0 Å². The minimum absolute atomic E-state index is 0.184. The third-order valence-electron chi connectivity index (χ3n) is 3.70. The molecule has 0 spiro atoms. The first-order valence-corrected chi connectivity index (χ1v) is 7.92. The molecule has 1 saturated heterocycles. The predicted octanol–water partition coefficient (Wildman–Crippen LogP) is 0.630. The lowest BCUT2D eigenvalue weighted by Gasteiger charge is -2.15. The molecule has 0 aromatic carbocycles. The van der Waals surface area contributed by atoms with Crippen molar-refractivity contribution in [2.24, 2.45) is 7.05 Å². The van der Waals surface area contributed by atoms with Crippen LogP contribution in [0.4, 0.5) is 0 Å². The fourth-order valence-corrected chi connectivity index (χ4v) is 4.36. The molecule has 0 aliphatic carbocycles. The Labute approximate surface area is 117 Å². The van der Waals surface area contributed by atoms with Gasteiger partial charge in [0.25, 0.3) is 0 Å². The average Bonchev–Trinajstić information content (AvgIpc) is 3.07. The third kappa shape index (κ3) is 2.14. The molecule has 1 fully saturated rings. The zero-order chi connectivity index (χ0) is 14.3. The number of nitrogens with zero attached hydrogens (tertiary/aromatic N) is 4. The van der Waals surface area contributed by atoms with Gasteiger partial charge in [-0.3, -0.25) is 9.78 Å². The Bertz CT molecular complexity index is 704. The minimum Gasteiger partial charge on any atom is -0.282 e. The van der Waals surface area contributed by atoms with Crippen LogP contribution in [0.15, 0.2) is 23.4 Å². The molecular formula is C12H17N5O2S. The summed E-state index contributed by atoms with van der Waals surface area (Å²) in [6.07, 6.45) is 4.06. The van der Waals surface area contributed by atoms with Crippen LogP contribution < -0.4 is 0 Å². The first kappa shape index (κ1) is 13.3. The number of rotatable bonds is 3. The molecule has 0 unspecified atom stereocenters. The van der Waals surface area contributed by atoms with Crippen molar-refractivity contribution in [3.8, 4) is 0 Å². The highest BCUT2D eigenvalue weighted by molar-refractivity contribution is 7.89. The summed E-state index contributed by atoms with van der Waals surface area (Å²) >= 11 is 0. The average molecular weight is 295 g/mol. The fraction of sp³-hybridized carbons (Fsp3) is 0.500. The minimum atomic E-state index is -3.46. The number of aromatic nitrogens is 4. The number of hydrogen-bond donors (Lipinski definition) is 1. The summed E-state index contributed by atoms with van der Waals surface area (Å²) in [5.74, 6) is 0.184. The second-order valence-electron chi connectivity index (χ2n) is 5.11. The van der Waals surface area contributed by atoms with Crippen molar-refractivity contribution in [1.29, 1.82) is 0 Å². The molecular weight excluding hydrogens is 278 g/mol. The molecule has 8 heteroatoms. The summed E-state index contributed by atoms with van der Waals surface area (Å²) in [6.45, 7) is 2.73. The maximum atomic E-state index is 12.6. The van der Waals surface area contributed by atoms with E-state index in [1.54, 1.807) is 26.4 Å². The van der Waals surface area contributed by atoms with E-state index in [9.17, 15) is 8.42 Å². The summed E-state index contributed by atoms with van der Waals surface area (Å²) in [5.41, 5.74) is 1.53. The Morgan fingerprint density at radius 2 is 2.25 bits per heavy atom. The van der Waals surface area contributed by atoms with Gasteiger partial charge in [-0.25, -0.2) is 8.42 Å². The zero-order valence-corrected chi connectivity index (χ0v) is 12.3. The molecule has 7 nitrogen and oxygen atoms in total. The molecule has 0 saturated carbocycles. The van der Waals surface area contributed by atoms with Gasteiger partial charge in [0, 0.05) is 44.1 Å². The third-order valence-corrected chi connectivity index (χ3v) is 5.67. The van der Waals surface area contributed by atoms with E-state index in [-0.39, 0.29) is 5.92 Å². The van der Waals surface area contributed by atoms with E-state index in [2.05, 4.69) is 15.3 Å². The molecule has 1 atom stereocenters. The van der Waals surface area contributed by atoms with Gasteiger partial charge in [-0.1, -0.05) is 0 Å². The maximum Gasteiger partial charge on any atom is 0.246 e. The molecule has 108 valence electrons. The van der Waals surface area contributed by atoms with Crippen molar-refractivity contribution < 1.29 is 8.42 Å². The lowest BCUT2D eigenvalue weighted by molar-refractivity contribution is 0.471. The lowest BCUT2D eigenvalue weighted by atomic mass is 10.1. The van der Waals surface area contributed by atoms with Gasteiger partial charge in [0.05, 0.1) is 5.69 Å². The van der Waals surface area contributed by atoms with Crippen LogP contribution in [0.2, 0.25) is 0 Å². The fourth-order valence-electron chi connectivity index (χ4n) is 2.66. The van der Waals surface area contributed by atoms with Gasteiger partial charge in [-0.15, -0.1) is 0 Å². The van der Waals surface area contributed by atoms with Gasteiger partial charge >= 0.3 is 0 Å². The van der Waals surface area contributed by atoms with Crippen LogP contribution in [-0.4, -0.2) is 45.8 Å². The summed E-state index contributed by atoms with van der Waals surface area (Å²) in [7, 11) is -1.73. The summed E-state index contributed by atoms with van der Waals surface area (Å²) in [5, 5.41) is 11.0. The van der Waals surface area contributed by atoms with Crippen LogP contribution in [0.3, 0.4) is 0 Å².